The first-order valence-electron chi connectivity index (χ1n) is 8.89. The highest BCUT2D eigenvalue weighted by Crippen LogP contribution is 2.19. The van der Waals surface area contributed by atoms with E-state index in [1.54, 1.807) is 0 Å². The fraction of sp³-hybridized carbons (Fsp3) is 0.421. The Bertz CT molecular complexity index is 827. The molecule has 1 aliphatic rings. The number of imide groups is 1. The Labute approximate surface area is 152 Å². The van der Waals surface area contributed by atoms with Gasteiger partial charge in [-0.15, -0.1) is 0 Å². The number of H-pyrrole nitrogens is 1. The quantitative estimate of drug-likeness (QED) is 0.660. The van der Waals surface area contributed by atoms with Crippen molar-refractivity contribution < 1.29 is 14.4 Å². The molecule has 1 fully saturated rings. The third kappa shape index (κ3) is 3.87. The van der Waals surface area contributed by atoms with Crippen LogP contribution in [-0.4, -0.2) is 46.9 Å². The van der Waals surface area contributed by atoms with E-state index in [0.29, 0.717) is 18.9 Å². The third-order valence-corrected chi connectivity index (χ3v) is 4.48. The van der Waals surface area contributed by atoms with E-state index >= 15 is 0 Å². The van der Waals surface area contributed by atoms with Crippen molar-refractivity contribution in [2.75, 3.05) is 13.1 Å². The first kappa shape index (κ1) is 18.0. The zero-order valence-electron chi connectivity index (χ0n) is 15.0. The van der Waals surface area contributed by atoms with Crippen LogP contribution >= 0.6 is 0 Å². The van der Waals surface area contributed by atoms with Gasteiger partial charge in [-0.3, -0.25) is 14.5 Å². The number of hydrogen-bond acceptors (Lipinski definition) is 3. The molecule has 1 aromatic heterocycles. The monoisotopic (exact) mass is 356 g/mol. The molecular weight excluding hydrogens is 332 g/mol. The maximum Gasteiger partial charge on any atom is 0.324 e. The fourth-order valence-corrected chi connectivity index (χ4v) is 3.07. The summed E-state index contributed by atoms with van der Waals surface area (Å²) in [7, 11) is 0. The van der Waals surface area contributed by atoms with E-state index in [1.165, 1.54) is 4.90 Å². The van der Waals surface area contributed by atoms with Crippen LogP contribution in [0.4, 0.5) is 4.79 Å². The summed E-state index contributed by atoms with van der Waals surface area (Å²) in [6.07, 6.45) is 2.44. The van der Waals surface area contributed by atoms with Crippen LogP contribution in [0, 0.1) is 5.92 Å². The Morgan fingerprint density at radius 2 is 2.04 bits per heavy atom. The number of nitrogens with one attached hydrogen (secondary N) is 3. The van der Waals surface area contributed by atoms with E-state index in [0.717, 1.165) is 16.5 Å². The summed E-state index contributed by atoms with van der Waals surface area (Å²) < 4.78 is 0. The molecule has 2 heterocycles. The molecule has 7 heteroatoms. The van der Waals surface area contributed by atoms with E-state index in [1.807, 2.05) is 44.3 Å². The smallest absolute Gasteiger partial charge is 0.324 e. The zero-order chi connectivity index (χ0) is 18.7. The lowest BCUT2D eigenvalue weighted by atomic mass is 10.1. The van der Waals surface area contributed by atoms with Crippen molar-refractivity contribution in [3.8, 4) is 0 Å². The van der Waals surface area contributed by atoms with Crippen LogP contribution in [0.2, 0.25) is 0 Å². The summed E-state index contributed by atoms with van der Waals surface area (Å²) in [6, 6.07) is 6.69. The number of hydrogen-bond donors (Lipinski definition) is 3. The molecule has 0 spiro atoms. The minimum absolute atomic E-state index is 0.0269. The normalized spacial score (nSPS) is 17.2. The molecule has 0 saturated carbocycles. The number of rotatable bonds is 7. The van der Waals surface area contributed by atoms with Crippen LogP contribution in [-0.2, 0) is 16.0 Å². The highest BCUT2D eigenvalue weighted by molar-refractivity contribution is 6.05. The van der Waals surface area contributed by atoms with Gasteiger partial charge in [-0.2, -0.15) is 0 Å². The number of aromatic nitrogens is 1. The van der Waals surface area contributed by atoms with Crippen LogP contribution in [0.1, 0.15) is 25.8 Å². The minimum atomic E-state index is -0.780. The molecule has 1 saturated heterocycles. The number of nitrogens with zero attached hydrogens (tertiary/aromatic N) is 1. The van der Waals surface area contributed by atoms with Gasteiger partial charge in [0.05, 0.1) is 6.42 Å². The molecule has 1 atom stereocenters. The number of fused-ring (bicyclic) bond motifs is 1. The van der Waals surface area contributed by atoms with Crippen molar-refractivity contribution in [2.45, 2.75) is 32.7 Å². The predicted octanol–water partition coefficient (Wildman–Crippen LogP) is 1.79. The first-order chi connectivity index (χ1) is 12.5. The fourth-order valence-electron chi connectivity index (χ4n) is 3.07. The average molecular weight is 356 g/mol. The summed E-state index contributed by atoms with van der Waals surface area (Å²) in [6.45, 7) is 4.83. The van der Waals surface area contributed by atoms with Gasteiger partial charge in [0.2, 0.25) is 5.91 Å². The Morgan fingerprint density at radius 3 is 2.81 bits per heavy atom. The Morgan fingerprint density at radius 1 is 1.27 bits per heavy atom. The summed E-state index contributed by atoms with van der Waals surface area (Å²) in [5.41, 5.74) is 2.08. The van der Waals surface area contributed by atoms with Gasteiger partial charge in [-0.25, -0.2) is 4.79 Å². The van der Waals surface area contributed by atoms with Gasteiger partial charge < -0.3 is 15.6 Å². The summed E-state index contributed by atoms with van der Waals surface area (Å²) >= 11 is 0. The Hall–Kier alpha value is -2.83. The van der Waals surface area contributed by atoms with Crippen LogP contribution in [0.15, 0.2) is 30.5 Å². The van der Waals surface area contributed by atoms with Gasteiger partial charge in [0.15, 0.2) is 0 Å². The van der Waals surface area contributed by atoms with Crippen molar-refractivity contribution in [3.63, 3.8) is 0 Å². The lowest BCUT2D eigenvalue weighted by molar-refractivity contribution is -0.130. The SMILES string of the molecule is CC(C)CNC(=O)CC1NC(=O)N(CCc2c[nH]c3ccccc23)C1=O. The molecule has 1 aliphatic heterocycles. The first-order valence-corrected chi connectivity index (χ1v) is 8.89. The van der Waals surface area contributed by atoms with Crippen molar-refractivity contribution >= 4 is 28.7 Å². The van der Waals surface area contributed by atoms with Gasteiger partial charge in [-0.1, -0.05) is 32.0 Å². The lowest BCUT2D eigenvalue weighted by Gasteiger charge is -2.13. The standard InChI is InChI=1S/C19H24N4O3/c1-12(2)10-21-17(24)9-16-18(25)23(19(26)22-16)8-7-13-11-20-15-6-4-3-5-14(13)15/h3-6,11-12,16,20H,7-10H2,1-2H3,(H,21,24)(H,22,26). The van der Waals surface area contributed by atoms with E-state index in [2.05, 4.69) is 15.6 Å². The molecule has 0 bridgehead atoms. The number of benzene rings is 1. The second kappa shape index (κ2) is 7.59. The molecule has 26 heavy (non-hydrogen) atoms. The van der Waals surface area contributed by atoms with Crippen LogP contribution in [0.5, 0.6) is 0 Å². The largest absolute Gasteiger partial charge is 0.361 e. The van der Waals surface area contributed by atoms with Crippen molar-refractivity contribution in [1.82, 2.24) is 20.5 Å². The summed E-state index contributed by atoms with van der Waals surface area (Å²) in [5, 5.41) is 6.46. The minimum Gasteiger partial charge on any atom is -0.361 e. The number of amides is 4. The molecule has 7 nitrogen and oxygen atoms in total. The number of carbonyl (C=O) groups is 3. The van der Waals surface area contributed by atoms with Gasteiger partial charge >= 0.3 is 6.03 Å². The van der Waals surface area contributed by atoms with E-state index in [4.69, 9.17) is 0 Å². The topological polar surface area (TPSA) is 94.3 Å². The molecule has 3 rings (SSSR count). The molecule has 1 aromatic carbocycles. The van der Waals surface area contributed by atoms with Gasteiger partial charge in [0.1, 0.15) is 6.04 Å². The highest BCUT2D eigenvalue weighted by Gasteiger charge is 2.38. The van der Waals surface area contributed by atoms with Gasteiger partial charge in [-0.05, 0) is 24.0 Å². The summed E-state index contributed by atoms with van der Waals surface area (Å²) in [4.78, 5) is 40.9. The van der Waals surface area contributed by atoms with Gasteiger partial charge in [0, 0.05) is 30.2 Å². The maximum absolute atomic E-state index is 12.5. The van der Waals surface area contributed by atoms with Crippen LogP contribution in [0.25, 0.3) is 10.9 Å². The van der Waals surface area contributed by atoms with Crippen LogP contribution in [0.3, 0.4) is 0 Å². The third-order valence-electron chi connectivity index (χ3n) is 4.48. The number of urea groups is 1. The van der Waals surface area contributed by atoms with E-state index in [-0.39, 0.29) is 24.8 Å². The molecule has 4 amide bonds. The zero-order valence-corrected chi connectivity index (χ0v) is 15.0. The molecular formula is C19H24N4O3. The van der Waals surface area contributed by atoms with Crippen molar-refractivity contribution in [2.24, 2.45) is 5.92 Å². The molecule has 0 aliphatic carbocycles. The number of aromatic amines is 1. The molecule has 2 aromatic rings. The Balaban J connectivity index is 1.58. The maximum atomic E-state index is 12.5. The Kier molecular flexibility index (Phi) is 5.25. The van der Waals surface area contributed by atoms with E-state index in [9.17, 15) is 14.4 Å². The lowest BCUT2D eigenvalue weighted by Crippen LogP contribution is -2.37. The van der Waals surface area contributed by atoms with Crippen LogP contribution < -0.4 is 10.6 Å². The predicted molar refractivity (Wildman–Crippen MR) is 98.5 cm³/mol. The molecule has 3 N–H and O–H groups in total. The second-order valence-corrected chi connectivity index (χ2v) is 7.00. The molecule has 0 radical (unpaired) electrons. The second-order valence-electron chi connectivity index (χ2n) is 7.00. The summed E-state index contributed by atoms with van der Waals surface area (Å²) in [5.74, 6) is -0.231. The van der Waals surface area contributed by atoms with Crippen molar-refractivity contribution in [3.05, 3.63) is 36.0 Å². The van der Waals surface area contributed by atoms with Gasteiger partial charge in [0.25, 0.3) is 5.91 Å². The average Bonchev–Trinajstić information content (AvgIpc) is 3.13. The van der Waals surface area contributed by atoms with E-state index < -0.39 is 12.1 Å². The molecule has 1 unspecified atom stereocenters. The van der Waals surface area contributed by atoms with Crippen molar-refractivity contribution in [1.29, 1.82) is 0 Å². The number of carbonyl (C=O) groups excluding carboxylic acids is 3. The number of para-hydroxylation sites is 1. The highest BCUT2D eigenvalue weighted by atomic mass is 16.2. The molecule has 138 valence electrons.